The van der Waals surface area contributed by atoms with Crippen LogP contribution in [0.1, 0.15) is 84.9 Å². The van der Waals surface area contributed by atoms with Crippen molar-refractivity contribution in [1.82, 2.24) is 20.3 Å². The highest BCUT2D eigenvalue weighted by Gasteiger charge is 2.36. The predicted molar refractivity (Wildman–Crippen MR) is 94.7 cm³/mol. The second-order valence-corrected chi connectivity index (χ2v) is 8.54. The number of hydrogen-bond donors (Lipinski definition) is 2. The number of fused-ring (bicyclic) bond motifs is 2. The third-order valence-corrected chi connectivity index (χ3v) is 5.70. The zero-order valence-electron chi connectivity index (χ0n) is 15.8. The fourth-order valence-corrected chi connectivity index (χ4v) is 4.28. The number of carbonyl (C=O) groups is 1. The van der Waals surface area contributed by atoms with E-state index in [1.165, 1.54) is 0 Å². The van der Waals surface area contributed by atoms with Crippen molar-refractivity contribution < 1.29 is 14.4 Å². The maximum atomic E-state index is 13.1. The number of H-pyrrole nitrogens is 1. The Labute approximate surface area is 152 Å². The highest BCUT2D eigenvalue weighted by Crippen LogP contribution is 2.37. The first-order valence-corrected chi connectivity index (χ1v) is 9.28. The molecule has 1 aliphatic carbocycles. The van der Waals surface area contributed by atoms with Gasteiger partial charge in [0.25, 0.3) is 5.91 Å². The maximum Gasteiger partial charge on any atom is 0.275 e. The van der Waals surface area contributed by atoms with Crippen LogP contribution in [0.2, 0.25) is 0 Å². The van der Waals surface area contributed by atoms with Gasteiger partial charge in [0.15, 0.2) is 11.5 Å². The third-order valence-electron chi connectivity index (χ3n) is 5.70. The molecular weight excluding hydrogens is 332 g/mol. The van der Waals surface area contributed by atoms with Crippen LogP contribution >= 0.6 is 0 Å². The fourth-order valence-electron chi connectivity index (χ4n) is 4.28. The summed E-state index contributed by atoms with van der Waals surface area (Å²) in [7, 11) is 0. The first kappa shape index (κ1) is 17.3. The number of carbonyl (C=O) groups excluding carboxylic acids is 1. The van der Waals surface area contributed by atoms with E-state index < -0.39 is 6.10 Å². The zero-order chi connectivity index (χ0) is 18.6. The Morgan fingerprint density at radius 2 is 2.23 bits per heavy atom. The van der Waals surface area contributed by atoms with E-state index >= 15 is 0 Å². The van der Waals surface area contributed by atoms with E-state index in [0.29, 0.717) is 30.2 Å². The Hall–Kier alpha value is -2.15. The molecule has 1 amide bonds. The Balaban J connectivity index is 1.60. The molecular formula is C19H26N4O3. The van der Waals surface area contributed by atoms with E-state index in [2.05, 4.69) is 29.2 Å². The molecule has 7 heteroatoms. The Morgan fingerprint density at radius 3 is 2.96 bits per heavy atom. The minimum Gasteiger partial charge on any atom is -0.387 e. The van der Waals surface area contributed by atoms with Crippen molar-refractivity contribution in [3.05, 3.63) is 34.0 Å². The van der Waals surface area contributed by atoms with Crippen LogP contribution in [-0.2, 0) is 19.4 Å². The molecule has 0 saturated heterocycles. The molecule has 140 valence electrons. The second-order valence-electron chi connectivity index (χ2n) is 8.54. The number of amides is 1. The van der Waals surface area contributed by atoms with Crippen LogP contribution in [0.5, 0.6) is 0 Å². The van der Waals surface area contributed by atoms with Crippen LogP contribution < -0.4 is 0 Å². The lowest BCUT2D eigenvalue weighted by atomic mass is 9.76. The largest absolute Gasteiger partial charge is 0.387 e. The van der Waals surface area contributed by atoms with Crippen molar-refractivity contribution in [2.24, 2.45) is 5.41 Å². The van der Waals surface area contributed by atoms with Crippen molar-refractivity contribution >= 4 is 5.91 Å². The average molecular weight is 358 g/mol. The van der Waals surface area contributed by atoms with Gasteiger partial charge < -0.3 is 14.5 Å². The van der Waals surface area contributed by atoms with Crippen molar-refractivity contribution in [1.29, 1.82) is 0 Å². The molecule has 0 bridgehead atoms. The SMILES string of the molecule is C[C@@H](O)c1noc2c1[C@@H](C)CN(C(=O)c1n[nH]c3c1CCC(C)(C)C3)C2. The van der Waals surface area contributed by atoms with Gasteiger partial charge in [-0.25, -0.2) is 0 Å². The summed E-state index contributed by atoms with van der Waals surface area (Å²) in [6.45, 7) is 9.14. The van der Waals surface area contributed by atoms with Gasteiger partial charge in [-0.2, -0.15) is 5.10 Å². The number of aliphatic hydroxyl groups excluding tert-OH is 1. The molecule has 7 nitrogen and oxygen atoms in total. The van der Waals surface area contributed by atoms with Gasteiger partial charge in [-0.3, -0.25) is 9.89 Å². The van der Waals surface area contributed by atoms with E-state index in [9.17, 15) is 9.90 Å². The molecule has 1 aliphatic heterocycles. The molecule has 0 fully saturated rings. The summed E-state index contributed by atoms with van der Waals surface area (Å²) in [6, 6.07) is 0. The summed E-state index contributed by atoms with van der Waals surface area (Å²) in [4.78, 5) is 14.9. The molecule has 0 aromatic carbocycles. The zero-order valence-corrected chi connectivity index (χ0v) is 15.8. The van der Waals surface area contributed by atoms with Gasteiger partial charge in [-0.15, -0.1) is 0 Å². The monoisotopic (exact) mass is 358 g/mol. The minimum atomic E-state index is -0.672. The van der Waals surface area contributed by atoms with Crippen molar-refractivity contribution in [3.63, 3.8) is 0 Å². The summed E-state index contributed by atoms with van der Waals surface area (Å²) < 4.78 is 5.42. The lowest BCUT2D eigenvalue weighted by Gasteiger charge is -2.31. The average Bonchev–Trinajstić information content (AvgIpc) is 3.16. The van der Waals surface area contributed by atoms with Crippen LogP contribution in [0.15, 0.2) is 4.52 Å². The van der Waals surface area contributed by atoms with Crippen molar-refractivity contribution in [3.8, 4) is 0 Å². The maximum absolute atomic E-state index is 13.1. The van der Waals surface area contributed by atoms with Crippen LogP contribution in [-0.4, -0.2) is 37.8 Å². The first-order chi connectivity index (χ1) is 12.3. The Bertz CT molecular complexity index is 849. The van der Waals surface area contributed by atoms with E-state index in [-0.39, 0.29) is 17.2 Å². The molecule has 3 heterocycles. The van der Waals surface area contributed by atoms with Crippen LogP contribution in [0.25, 0.3) is 0 Å². The van der Waals surface area contributed by atoms with E-state index in [0.717, 1.165) is 36.1 Å². The predicted octanol–water partition coefficient (Wildman–Crippen LogP) is 2.73. The van der Waals surface area contributed by atoms with Crippen molar-refractivity contribution in [2.75, 3.05) is 6.54 Å². The topological polar surface area (TPSA) is 95.2 Å². The van der Waals surface area contributed by atoms with Gasteiger partial charge in [0.1, 0.15) is 5.69 Å². The van der Waals surface area contributed by atoms with E-state index in [1.54, 1.807) is 11.8 Å². The van der Waals surface area contributed by atoms with E-state index in [4.69, 9.17) is 4.52 Å². The van der Waals surface area contributed by atoms with Crippen LogP contribution in [0, 0.1) is 5.41 Å². The number of nitrogens with one attached hydrogen (secondary N) is 1. The molecule has 0 spiro atoms. The van der Waals surface area contributed by atoms with Gasteiger partial charge in [0.05, 0.1) is 12.6 Å². The second kappa shape index (κ2) is 5.94. The van der Waals surface area contributed by atoms with Gasteiger partial charge in [0.2, 0.25) is 0 Å². The number of hydrogen-bond acceptors (Lipinski definition) is 5. The van der Waals surface area contributed by atoms with E-state index in [1.807, 2.05) is 6.92 Å². The first-order valence-electron chi connectivity index (χ1n) is 9.28. The molecule has 0 radical (unpaired) electrons. The molecule has 4 rings (SSSR count). The number of aliphatic hydroxyl groups is 1. The Kier molecular flexibility index (Phi) is 3.95. The standard InChI is InChI=1S/C19H26N4O3/c1-10-8-23(9-14-15(10)16(11(2)24)22-26-14)18(25)17-12-5-6-19(3,4)7-13(12)20-21-17/h10-11,24H,5-9H2,1-4H3,(H,20,21)/t10-,11+/m0/s1. The third kappa shape index (κ3) is 2.74. The summed E-state index contributed by atoms with van der Waals surface area (Å²) >= 11 is 0. The molecule has 2 aliphatic rings. The van der Waals surface area contributed by atoms with Gasteiger partial charge in [-0.05, 0) is 31.6 Å². The molecule has 0 saturated carbocycles. The summed E-state index contributed by atoms with van der Waals surface area (Å²) in [6.07, 6.45) is 2.18. The molecule has 0 unspecified atom stereocenters. The summed E-state index contributed by atoms with van der Waals surface area (Å²) in [5.74, 6) is 0.667. The quantitative estimate of drug-likeness (QED) is 0.861. The molecule has 2 N–H and O–H groups in total. The molecule has 26 heavy (non-hydrogen) atoms. The fraction of sp³-hybridized carbons (Fsp3) is 0.632. The number of aromatic amines is 1. The molecule has 2 aromatic heterocycles. The summed E-state index contributed by atoms with van der Waals surface area (Å²) in [5.41, 5.74) is 4.46. The van der Waals surface area contributed by atoms with Crippen LogP contribution in [0.4, 0.5) is 0 Å². The highest BCUT2D eigenvalue weighted by atomic mass is 16.5. The lowest BCUT2D eigenvalue weighted by molar-refractivity contribution is 0.0692. The number of rotatable bonds is 2. The van der Waals surface area contributed by atoms with Gasteiger partial charge in [0, 0.05) is 29.3 Å². The van der Waals surface area contributed by atoms with Gasteiger partial charge in [-0.1, -0.05) is 25.9 Å². The normalized spacial score (nSPS) is 22.7. The van der Waals surface area contributed by atoms with Gasteiger partial charge >= 0.3 is 0 Å². The smallest absolute Gasteiger partial charge is 0.275 e. The number of aromatic nitrogens is 3. The summed E-state index contributed by atoms with van der Waals surface area (Å²) in [5, 5.41) is 21.3. The molecule has 2 atom stereocenters. The van der Waals surface area contributed by atoms with Crippen molar-refractivity contribution in [2.45, 2.75) is 65.5 Å². The van der Waals surface area contributed by atoms with Crippen LogP contribution in [0.3, 0.4) is 0 Å². The highest BCUT2D eigenvalue weighted by molar-refractivity contribution is 5.94. The number of nitrogens with zero attached hydrogens (tertiary/aromatic N) is 3. The lowest BCUT2D eigenvalue weighted by Crippen LogP contribution is -2.38. The minimum absolute atomic E-state index is 0.0605. The molecule has 2 aromatic rings. The Morgan fingerprint density at radius 1 is 1.46 bits per heavy atom.